The molecule has 2 rings (SSSR count). The molecular weight excluding hydrogens is 286 g/mol. The molecule has 0 unspecified atom stereocenters. The smallest absolute Gasteiger partial charge is 0.305 e. The molecule has 0 saturated carbocycles. The van der Waals surface area contributed by atoms with E-state index in [0.717, 1.165) is 5.56 Å². The molecule has 1 N–H and O–H groups in total. The highest BCUT2D eigenvalue weighted by molar-refractivity contribution is 5.80. The van der Waals surface area contributed by atoms with Crippen molar-refractivity contribution in [3.05, 3.63) is 72.6 Å². The zero-order valence-corrected chi connectivity index (χ0v) is 12.1. The number of nitrogens with zero attached hydrogens (tertiary/aromatic N) is 2. The summed E-state index contributed by atoms with van der Waals surface area (Å²) in [5, 5.41) is 3.86. The average molecular weight is 302 g/mol. The normalized spacial score (nSPS) is 10.5. The number of hydrogen-bond acceptors (Lipinski definition) is 2. The predicted octanol–water partition coefficient (Wildman–Crippen LogP) is -1.21. The van der Waals surface area contributed by atoms with Crippen LogP contribution in [0.15, 0.2) is 72.1 Å². The molecule has 0 aliphatic carbocycles. The van der Waals surface area contributed by atoms with E-state index in [2.05, 4.69) is 10.5 Å². The van der Waals surface area contributed by atoms with Crippen LogP contribution in [-0.4, -0.2) is 12.1 Å². The fourth-order valence-corrected chi connectivity index (χ4v) is 1.61. The highest BCUT2D eigenvalue weighted by Crippen LogP contribution is 1.99. The number of carbonyl (C=O) groups is 1. The van der Waals surface area contributed by atoms with Crippen LogP contribution in [0.4, 0.5) is 0 Å². The minimum absolute atomic E-state index is 0. The number of allylic oxidation sites excluding steroid dienone is 1. The lowest BCUT2D eigenvalue weighted by atomic mass is 10.2. The van der Waals surface area contributed by atoms with E-state index in [1.165, 1.54) is 0 Å². The van der Waals surface area contributed by atoms with E-state index >= 15 is 0 Å². The summed E-state index contributed by atoms with van der Waals surface area (Å²) in [6.45, 7) is 0.251. The van der Waals surface area contributed by atoms with Gasteiger partial charge in [-0.2, -0.15) is 9.67 Å². The number of benzene rings is 1. The van der Waals surface area contributed by atoms with Crippen LogP contribution in [0.2, 0.25) is 0 Å². The summed E-state index contributed by atoms with van der Waals surface area (Å²) < 4.78 is 1.78. The van der Waals surface area contributed by atoms with Crippen LogP contribution in [0.1, 0.15) is 5.56 Å². The molecule has 0 atom stereocenters. The minimum atomic E-state index is -0.162. The minimum Gasteiger partial charge on any atom is -1.00 e. The van der Waals surface area contributed by atoms with Gasteiger partial charge >= 0.3 is 5.91 Å². The van der Waals surface area contributed by atoms with Crippen molar-refractivity contribution in [3.8, 4) is 0 Å². The SMILES string of the molecule is O=C(C[n+]1ccccc1)NN=C/C=C/c1ccccc1.[Cl-]. The molecule has 0 radical (unpaired) electrons. The van der Waals surface area contributed by atoms with E-state index in [4.69, 9.17) is 0 Å². The van der Waals surface area contributed by atoms with Crippen molar-refractivity contribution in [3.63, 3.8) is 0 Å². The first-order valence-electron chi connectivity index (χ1n) is 6.32. The number of carbonyl (C=O) groups excluding carboxylic acids is 1. The summed E-state index contributed by atoms with van der Waals surface area (Å²) in [4.78, 5) is 11.6. The molecule has 2 aromatic rings. The van der Waals surface area contributed by atoms with E-state index in [-0.39, 0.29) is 24.9 Å². The molecular formula is C16H16ClN3O. The molecule has 21 heavy (non-hydrogen) atoms. The summed E-state index contributed by atoms with van der Waals surface area (Å²) in [6, 6.07) is 15.5. The van der Waals surface area contributed by atoms with E-state index in [9.17, 15) is 4.79 Å². The number of nitrogens with one attached hydrogen (secondary N) is 1. The third kappa shape index (κ3) is 6.49. The maximum atomic E-state index is 11.6. The number of rotatable bonds is 5. The zero-order chi connectivity index (χ0) is 14.0. The van der Waals surface area contributed by atoms with Crippen LogP contribution in [0.5, 0.6) is 0 Å². The molecule has 0 saturated heterocycles. The van der Waals surface area contributed by atoms with Gasteiger partial charge in [0.15, 0.2) is 12.4 Å². The molecule has 1 amide bonds. The Morgan fingerprint density at radius 1 is 1.10 bits per heavy atom. The van der Waals surface area contributed by atoms with Gasteiger partial charge in [0.1, 0.15) is 0 Å². The van der Waals surface area contributed by atoms with Crippen LogP contribution in [-0.2, 0) is 11.3 Å². The summed E-state index contributed by atoms with van der Waals surface area (Å²) in [5.41, 5.74) is 3.56. The summed E-state index contributed by atoms with van der Waals surface area (Å²) in [7, 11) is 0. The number of amides is 1. The van der Waals surface area contributed by atoms with Gasteiger partial charge < -0.3 is 12.4 Å². The van der Waals surface area contributed by atoms with Crippen molar-refractivity contribution in [1.82, 2.24) is 5.43 Å². The van der Waals surface area contributed by atoms with Crippen molar-refractivity contribution in [2.45, 2.75) is 6.54 Å². The maximum absolute atomic E-state index is 11.6. The zero-order valence-electron chi connectivity index (χ0n) is 11.4. The molecule has 5 heteroatoms. The fourth-order valence-electron chi connectivity index (χ4n) is 1.61. The Morgan fingerprint density at radius 2 is 1.76 bits per heavy atom. The van der Waals surface area contributed by atoms with Crippen molar-refractivity contribution in [2.75, 3.05) is 0 Å². The molecule has 0 spiro atoms. The Balaban J connectivity index is 0.00000220. The molecule has 1 heterocycles. The van der Waals surface area contributed by atoms with E-state index in [1.54, 1.807) is 16.9 Å². The Hall–Kier alpha value is -2.46. The quantitative estimate of drug-likeness (QED) is 0.421. The molecule has 0 bridgehead atoms. The first-order valence-corrected chi connectivity index (χ1v) is 6.32. The molecule has 1 aromatic carbocycles. The largest absolute Gasteiger partial charge is 1.00 e. The molecule has 4 nitrogen and oxygen atoms in total. The first kappa shape index (κ1) is 16.6. The van der Waals surface area contributed by atoms with Crippen molar-refractivity contribution < 1.29 is 21.8 Å². The van der Waals surface area contributed by atoms with Gasteiger partial charge in [0.25, 0.3) is 0 Å². The maximum Gasteiger partial charge on any atom is 0.305 e. The molecule has 108 valence electrons. The van der Waals surface area contributed by atoms with Gasteiger partial charge in [-0.25, -0.2) is 5.43 Å². The highest BCUT2D eigenvalue weighted by atomic mass is 35.5. The monoisotopic (exact) mass is 301 g/mol. The van der Waals surface area contributed by atoms with Crippen molar-refractivity contribution >= 4 is 18.2 Å². The standard InChI is InChI=1S/C16H15N3O.ClH/c20-16(14-19-12-5-2-6-13-19)18-17-11-7-10-15-8-3-1-4-9-15;/h1-13H,14H2;1H/b10-7+,17-11?;. The van der Waals surface area contributed by atoms with Crippen LogP contribution in [0.3, 0.4) is 0 Å². The lowest BCUT2D eigenvalue weighted by Crippen LogP contribution is -3.00. The molecule has 0 aliphatic heterocycles. The summed E-state index contributed by atoms with van der Waals surface area (Å²) in [5.74, 6) is -0.162. The lowest BCUT2D eigenvalue weighted by molar-refractivity contribution is -0.684. The van der Waals surface area contributed by atoms with E-state index < -0.39 is 0 Å². The average Bonchev–Trinajstić information content (AvgIpc) is 2.49. The first-order chi connectivity index (χ1) is 9.84. The van der Waals surface area contributed by atoms with Gasteiger partial charge in [-0.3, -0.25) is 4.79 Å². The summed E-state index contributed by atoms with van der Waals surface area (Å²) in [6.07, 6.45) is 8.92. The second-order valence-corrected chi connectivity index (χ2v) is 4.13. The molecule has 1 aromatic heterocycles. The van der Waals surface area contributed by atoms with Crippen LogP contribution in [0.25, 0.3) is 6.08 Å². The van der Waals surface area contributed by atoms with Crippen LogP contribution in [0, 0.1) is 0 Å². The number of pyridine rings is 1. The van der Waals surface area contributed by atoms with Crippen LogP contribution < -0.4 is 22.4 Å². The number of hydrogen-bond donors (Lipinski definition) is 1. The number of aromatic nitrogens is 1. The lowest BCUT2D eigenvalue weighted by Gasteiger charge is -1.95. The van der Waals surface area contributed by atoms with Gasteiger partial charge in [0, 0.05) is 18.3 Å². The van der Waals surface area contributed by atoms with Crippen molar-refractivity contribution in [1.29, 1.82) is 0 Å². The van der Waals surface area contributed by atoms with Gasteiger partial charge in [0.2, 0.25) is 6.54 Å². The van der Waals surface area contributed by atoms with Gasteiger partial charge in [-0.15, -0.1) is 0 Å². The third-order valence-corrected chi connectivity index (χ3v) is 2.54. The molecule has 0 fully saturated rings. The van der Waals surface area contributed by atoms with Gasteiger partial charge in [-0.05, 0) is 11.6 Å². The molecule has 0 aliphatic rings. The predicted molar refractivity (Wildman–Crippen MR) is 78.7 cm³/mol. The number of halogens is 1. The Labute approximate surface area is 130 Å². The van der Waals surface area contributed by atoms with Crippen molar-refractivity contribution in [2.24, 2.45) is 5.10 Å². The Morgan fingerprint density at radius 3 is 2.48 bits per heavy atom. The van der Waals surface area contributed by atoms with E-state index in [0.29, 0.717) is 0 Å². The topological polar surface area (TPSA) is 45.3 Å². The third-order valence-electron chi connectivity index (χ3n) is 2.54. The Bertz CT molecular complexity index is 597. The highest BCUT2D eigenvalue weighted by Gasteiger charge is 2.05. The second kappa shape index (κ2) is 9.44. The Kier molecular flexibility index (Phi) is 7.46. The van der Waals surface area contributed by atoms with Gasteiger partial charge in [0.05, 0.1) is 0 Å². The van der Waals surface area contributed by atoms with Crippen LogP contribution >= 0.6 is 0 Å². The summed E-state index contributed by atoms with van der Waals surface area (Å²) >= 11 is 0. The second-order valence-electron chi connectivity index (χ2n) is 4.13. The number of hydrazone groups is 1. The fraction of sp³-hybridized carbons (Fsp3) is 0.0625. The van der Waals surface area contributed by atoms with Gasteiger partial charge in [-0.1, -0.05) is 42.5 Å². The van der Waals surface area contributed by atoms with E-state index in [1.807, 2.05) is 67.0 Å².